The second-order valence-corrected chi connectivity index (χ2v) is 6.60. The van der Waals surface area contributed by atoms with E-state index >= 15 is 0 Å². The molecule has 2 heterocycles. The van der Waals surface area contributed by atoms with Gasteiger partial charge in [-0.05, 0) is 47.5 Å². The number of rotatable bonds is 6. The van der Waals surface area contributed by atoms with Gasteiger partial charge in [-0.2, -0.15) is 0 Å². The number of benzene rings is 2. The molecular weight excluding hydrogens is 511 g/mol. The summed E-state index contributed by atoms with van der Waals surface area (Å²) in [6, 6.07) is 16.7. The predicted molar refractivity (Wildman–Crippen MR) is 128 cm³/mol. The zero-order valence-corrected chi connectivity index (χ0v) is 19.2. The van der Waals surface area contributed by atoms with Crippen LogP contribution in [-0.2, 0) is 13.1 Å². The number of carbonyl (C=O) groups excluding carboxylic acids is 1. The summed E-state index contributed by atoms with van der Waals surface area (Å²) in [4.78, 5) is 16.3. The predicted octanol–water partition coefficient (Wildman–Crippen LogP) is 3.74. The molecular formula is C22H23IN4O4. The molecule has 1 aliphatic heterocycles. The zero-order valence-electron chi connectivity index (χ0n) is 16.9. The van der Waals surface area contributed by atoms with E-state index in [4.69, 9.17) is 13.9 Å². The molecule has 1 amide bonds. The topological polar surface area (TPSA) is 97.1 Å². The van der Waals surface area contributed by atoms with Crippen LogP contribution in [0.25, 0.3) is 0 Å². The molecule has 31 heavy (non-hydrogen) atoms. The van der Waals surface area contributed by atoms with Gasteiger partial charge in [0.1, 0.15) is 0 Å². The number of halogens is 1. The lowest BCUT2D eigenvalue weighted by Crippen LogP contribution is -2.36. The number of carbonyl (C=O) groups is 1. The molecule has 0 atom stereocenters. The second kappa shape index (κ2) is 10.7. The molecule has 0 unspecified atom stereocenters. The Kier molecular flexibility index (Phi) is 7.76. The number of nitrogens with one attached hydrogen (secondary N) is 3. The molecule has 0 radical (unpaired) electrons. The Morgan fingerprint density at radius 2 is 1.68 bits per heavy atom. The Bertz CT molecular complexity index is 1040. The summed E-state index contributed by atoms with van der Waals surface area (Å²) in [5.41, 5.74) is 2.82. The van der Waals surface area contributed by atoms with Crippen molar-refractivity contribution in [1.82, 2.24) is 10.6 Å². The zero-order chi connectivity index (χ0) is 20.8. The molecule has 0 spiro atoms. The number of hydrogen-bond acceptors (Lipinski definition) is 5. The first kappa shape index (κ1) is 22.5. The molecule has 1 aliphatic rings. The van der Waals surface area contributed by atoms with E-state index < -0.39 is 0 Å². The lowest BCUT2D eigenvalue weighted by Gasteiger charge is -2.13. The van der Waals surface area contributed by atoms with Crippen molar-refractivity contribution in [2.45, 2.75) is 13.1 Å². The highest BCUT2D eigenvalue weighted by Gasteiger charge is 2.13. The van der Waals surface area contributed by atoms with Crippen LogP contribution < -0.4 is 25.4 Å². The van der Waals surface area contributed by atoms with Crippen LogP contribution in [0.15, 0.2) is 70.3 Å². The standard InChI is InChI=1S/C22H22N4O4.HI/c1-23-22(25-13-16-6-9-18-20(11-16)30-14-29-18)24-12-15-4-7-17(8-5-15)26-21(27)19-3-2-10-28-19;/h2-11H,12-14H2,1H3,(H,26,27)(H2,23,24,25);1H. The third-order valence-electron chi connectivity index (χ3n) is 4.54. The lowest BCUT2D eigenvalue weighted by atomic mass is 10.2. The average Bonchev–Trinajstić information content (AvgIpc) is 3.47. The Balaban J connectivity index is 0.00000272. The van der Waals surface area contributed by atoms with E-state index in [1.807, 2.05) is 42.5 Å². The van der Waals surface area contributed by atoms with Gasteiger partial charge in [0, 0.05) is 25.8 Å². The lowest BCUT2D eigenvalue weighted by molar-refractivity contribution is 0.0996. The second-order valence-electron chi connectivity index (χ2n) is 6.60. The molecule has 3 N–H and O–H groups in total. The first-order chi connectivity index (χ1) is 14.7. The van der Waals surface area contributed by atoms with Crippen molar-refractivity contribution < 1.29 is 18.7 Å². The summed E-state index contributed by atoms with van der Waals surface area (Å²) < 4.78 is 15.8. The fraction of sp³-hybridized carbons (Fsp3) is 0.182. The monoisotopic (exact) mass is 534 g/mol. The number of ether oxygens (including phenoxy) is 2. The van der Waals surface area contributed by atoms with Crippen LogP contribution in [-0.4, -0.2) is 25.7 Å². The van der Waals surface area contributed by atoms with E-state index in [9.17, 15) is 4.79 Å². The van der Waals surface area contributed by atoms with Gasteiger partial charge in [0.05, 0.1) is 6.26 Å². The van der Waals surface area contributed by atoms with Gasteiger partial charge in [0.2, 0.25) is 6.79 Å². The smallest absolute Gasteiger partial charge is 0.291 e. The SMILES string of the molecule is CN=C(NCc1ccc(NC(=O)c2ccco2)cc1)NCc1ccc2c(c1)OCO2.I. The molecule has 0 bridgehead atoms. The molecule has 0 aliphatic carbocycles. The van der Waals surface area contributed by atoms with E-state index in [1.54, 1.807) is 19.2 Å². The van der Waals surface area contributed by atoms with Crippen LogP contribution in [0.4, 0.5) is 5.69 Å². The van der Waals surface area contributed by atoms with Crippen molar-refractivity contribution >= 4 is 41.5 Å². The van der Waals surface area contributed by atoms with E-state index in [-0.39, 0.29) is 42.4 Å². The average molecular weight is 534 g/mol. The number of aliphatic imine (C=N–C) groups is 1. The van der Waals surface area contributed by atoms with E-state index in [1.165, 1.54) is 6.26 Å². The maximum atomic E-state index is 12.0. The van der Waals surface area contributed by atoms with Gasteiger partial charge in [-0.15, -0.1) is 24.0 Å². The summed E-state index contributed by atoms with van der Waals surface area (Å²) in [6.45, 7) is 1.46. The number of furan rings is 1. The fourth-order valence-electron chi connectivity index (χ4n) is 2.95. The van der Waals surface area contributed by atoms with Crippen LogP contribution in [0.2, 0.25) is 0 Å². The minimum Gasteiger partial charge on any atom is -0.459 e. The largest absolute Gasteiger partial charge is 0.459 e. The number of guanidine groups is 1. The van der Waals surface area contributed by atoms with Gasteiger partial charge >= 0.3 is 0 Å². The van der Waals surface area contributed by atoms with Gasteiger partial charge in [-0.3, -0.25) is 9.79 Å². The normalized spacial score (nSPS) is 12.1. The molecule has 3 aromatic rings. The Morgan fingerprint density at radius 1 is 0.968 bits per heavy atom. The van der Waals surface area contributed by atoms with Crippen LogP contribution >= 0.6 is 24.0 Å². The molecule has 0 fully saturated rings. The van der Waals surface area contributed by atoms with Crippen LogP contribution in [0, 0.1) is 0 Å². The maximum absolute atomic E-state index is 12.0. The van der Waals surface area contributed by atoms with Crippen molar-refractivity contribution in [1.29, 1.82) is 0 Å². The molecule has 2 aromatic carbocycles. The molecule has 0 saturated carbocycles. The van der Waals surface area contributed by atoms with Crippen LogP contribution in [0.3, 0.4) is 0 Å². The van der Waals surface area contributed by atoms with E-state index in [0.29, 0.717) is 24.7 Å². The molecule has 0 saturated heterocycles. The highest BCUT2D eigenvalue weighted by atomic mass is 127. The van der Waals surface area contributed by atoms with Gasteiger partial charge in [0.25, 0.3) is 5.91 Å². The van der Waals surface area contributed by atoms with Gasteiger partial charge in [0.15, 0.2) is 23.2 Å². The van der Waals surface area contributed by atoms with E-state index in [2.05, 4.69) is 20.9 Å². The number of hydrogen-bond donors (Lipinski definition) is 3. The van der Waals surface area contributed by atoms with Crippen molar-refractivity contribution in [3.05, 3.63) is 77.7 Å². The van der Waals surface area contributed by atoms with Crippen molar-refractivity contribution in [2.75, 3.05) is 19.2 Å². The maximum Gasteiger partial charge on any atom is 0.291 e. The molecule has 162 valence electrons. The Morgan fingerprint density at radius 3 is 2.39 bits per heavy atom. The fourth-order valence-corrected chi connectivity index (χ4v) is 2.95. The first-order valence-electron chi connectivity index (χ1n) is 9.48. The molecule has 4 rings (SSSR count). The quantitative estimate of drug-likeness (QED) is 0.253. The first-order valence-corrected chi connectivity index (χ1v) is 9.48. The summed E-state index contributed by atoms with van der Waals surface area (Å²) in [6.07, 6.45) is 1.47. The van der Waals surface area contributed by atoms with Crippen molar-refractivity contribution in [3.8, 4) is 11.5 Å². The highest BCUT2D eigenvalue weighted by molar-refractivity contribution is 14.0. The highest BCUT2D eigenvalue weighted by Crippen LogP contribution is 2.32. The Labute approximate surface area is 197 Å². The van der Waals surface area contributed by atoms with E-state index in [0.717, 1.165) is 22.6 Å². The van der Waals surface area contributed by atoms with Crippen molar-refractivity contribution in [2.24, 2.45) is 4.99 Å². The third kappa shape index (κ3) is 5.91. The molecule has 9 heteroatoms. The summed E-state index contributed by atoms with van der Waals surface area (Å²) in [5.74, 6) is 2.21. The number of amides is 1. The third-order valence-corrected chi connectivity index (χ3v) is 4.54. The Hall–Kier alpha value is -3.21. The minimum atomic E-state index is -0.279. The number of nitrogens with zero attached hydrogens (tertiary/aromatic N) is 1. The molecule has 8 nitrogen and oxygen atoms in total. The molecule has 1 aromatic heterocycles. The van der Waals surface area contributed by atoms with Crippen LogP contribution in [0.1, 0.15) is 21.7 Å². The summed E-state index contributed by atoms with van der Waals surface area (Å²) in [7, 11) is 1.72. The number of anilines is 1. The van der Waals surface area contributed by atoms with Crippen molar-refractivity contribution in [3.63, 3.8) is 0 Å². The van der Waals surface area contributed by atoms with Gasteiger partial charge in [-0.1, -0.05) is 18.2 Å². The van der Waals surface area contributed by atoms with Crippen LogP contribution in [0.5, 0.6) is 11.5 Å². The summed E-state index contributed by atoms with van der Waals surface area (Å²) >= 11 is 0. The van der Waals surface area contributed by atoms with Gasteiger partial charge < -0.3 is 29.8 Å². The van der Waals surface area contributed by atoms with Gasteiger partial charge in [-0.25, -0.2) is 0 Å². The summed E-state index contributed by atoms with van der Waals surface area (Å²) in [5, 5.41) is 9.34. The minimum absolute atomic E-state index is 0. The number of fused-ring (bicyclic) bond motifs is 1.